The van der Waals surface area contributed by atoms with Crippen molar-refractivity contribution in [3.8, 4) is 0 Å². The van der Waals surface area contributed by atoms with E-state index < -0.39 is 5.97 Å². The van der Waals surface area contributed by atoms with Crippen LogP contribution in [0.3, 0.4) is 0 Å². The van der Waals surface area contributed by atoms with E-state index in [0.717, 1.165) is 6.42 Å². The van der Waals surface area contributed by atoms with E-state index in [1.807, 2.05) is 0 Å². The van der Waals surface area contributed by atoms with Gasteiger partial charge in [-0.2, -0.15) is 0 Å². The second-order valence-electron chi connectivity index (χ2n) is 5.79. The fourth-order valence-electron chi connectivity index (χ4n) is 2.57. The Morgan fingerprint density at radius 3 is 2.75 bits per heavy atom. The van der Waals surface area contributed by atoms with Crippen LogP contribution < -0.4 is 5.32 Å². The van der Waals surface area contributed by atoms with E-state index in [1.54, 1.807) is 0 Å². The zero-order valence-corrected chi connectivity index (χ0v) is 10.8. The van der Waals surface area contributed by atoms with Gasteiger partial charge in [0.25, 0.3) is 0 Å². The van der Waals surface area contributed by atoms with Gasteiger partial charge in [0.2, 0.25) is 0 Å². The third kappa shape index (κ3) is 4.12. The average Bonchev–Trinajstić information content (AvgIpc) is 2.18. The molecule has 1 fully saturated rings. The molecule has 0 radical (unpaired) electrons. The van der Waals surface area contributed by atoms with E-state index in [9.17, 15) is 4.79 Å². The van der Waals surface area contributed by atoms with Crippen LogP contribution in [0.5, 0.6) is 0 Å². The predicted octanol–water partition coefficient (Wildman–Crippen LogP) is 2.80. The lowest BCUT2D eigenvalue weighted by Crippen LogP contribution is -2.47. The smallest absolute Gasteiger partial charge is 0.303 e. The molecule has 0 spiro atoms. The Bertz CT molecular complexity index is 238. The zero-order chi connectivity index (χ0) is 12.2. The molecule has 3 heteroatoms. The quantitative estimate of drug-likeness (QED) is 0.759. The lowest BCUT2D eigenvalue weighted by Gasteiger charge is -2.40. The standard InChI is InChI=1S/C13H25NO2/c1-10(7-8-12(15)16)14-11-6-4-5-9-13(11,2)3/h10-11,14H,4-9H2,1-3H3,(H,15,16). The number of nitrogens with one attached hydrogen (secondary N) is 1. The molecular formula is C13H25NO2. The average molecular weight is 227 g/mol. The topological polar surface area (TPSA) is 49.3 Å². The third-order valence-electron chi connectivity index (χ3n) is 3.78. The van der Waals surface area contributed by atoms with Gasteiger partial charge < -0.3 is 10.4 Å². The molecule has 2 atom stereocenters. The highest BCUT2D eigenvalue weighted by Gasteiger charge is 2.32. The van der Waals surface area contributed by atoms with Crippen molar-refractivity contribution in [1.82, 2.24) is 5.32 Å². The van der Waals surface area contributed by atoms with Crippen molar-refractivity contribution >= 4 is 5.97 Å². The van der Waals surface area contributed by atoms with Gasteiger partial charge >= 0.3 is 5.97 Å². The number of rotatable bonds is 5. The lowest BCUT2D eigenvalue weighted by atomic mass is 9.73. The van der Waals surface area contributed by atoms with Gasteiger partial charge in [-0.15, -0.1) is 0 Å². The highest BCUT2D eigenvalue weighted by molar-refractivity contribution is 5.66. The molecule has 2 N–H and O–H groups in total. The van der Waals surface area contributed by atoms with Crippen LogP contribution in [-0.4, -0.2) is 23.2 Å². The Kier molecular flexibility index (Phi) is 4.78. The van der Waals surface area contributed by atoms with Gasteiger partial charge in [-0.3, -0.25) is 4.79 Å². The molecule has 0 aromatic heterocycles. The number of aliphatic carboxylic acids is 1. The number of hydrogen-bond donors (Lipinski definition) is 2. The van der Waals surface area contributed by atoms with E-state index in [2.05, 4.69) is 26.1 Å². The van der Waals surface area contributed by atoms with Crippen molar-refractivity contribution < 1.29 is 9.90 Å². The summed E-state index contributed by atoms with van der Waals surface area (Å²) in [4.78, 5) is 10.5. The summed E-state index contributed by atoms with van der Waals surface area (Å²) in [7, 11) is 0. The molecule has 0 saturated heterocycles. The van der Waals surface area contributed by atoms with Gasteiger partial charge in [0.15, 0.2) is 0 Å². The second kappa shape index (κ2) is 5.67. The number of carbonyl (C=O) groups is 1. The van der Waals surface area contributed by atoms with Gasteiger partial charge in [-0.25, -0.2) is 0 Å². The summed E-state index contributed by atoms with van der Waals surface area (Å²) < 4.78 is 0. The first-order valence-electron chi connectivity index (χ1n) is 6.39. The van der Waals surface area contributed by atoms with E-state index in [1.165, 1.54) is 25.7 Å². The fraction of sp³-hybridized carbons (Fsp3) is 0.923. The molecule has 1 aliphatic rings. The summed E-state index contributed by atoms with van der Waals surface area (Å²) in [5, 5.41) is 12.2. The van der Waals surface area contributed by atoms with Crippen molar-refractivity contribution in [2.45, 2.75) is 71.4 Å². The normalized spacial score (nSPS) is 26.3. The highest BCUT2D eigenvalue weighted by atomic mass is 16.4. The van der Waals surface area contributed by atoms with Crippen LogP contribution in [0.25, 0.3) is 0 Å². The Morgan fingerprint density at radius 1 is 1.50 bits per heavy atom. The molecular weight excluding hydrogens is 202 g/mol. The van der Waals surface area contributed by atoms with Crippen molar-refractivity contribution in [3.05, 3.63) is 0 Å². The summed E-state index contributed by atoms with van der Waals surface area (Å²) in [6, 6.07) is 0.850. The van der Waals surface area contributed by atoms with Crippen LogP contribution in [-0.2, 0) is 4.79 Å². The second-order valence-corrected chi connectivity index (χ2v) is 5.79. The van der Waals surface area contributed by atoms with Gasteiger partial charge in [0.05, 0.1) is 0 Å². The molecule has 16 heavy (non-hydrogen) atoms. The Labute approximate surface area is 98.6 Å². The van der Waals surface area contributed by atoms with E-state index in [4.69, 9.17) is 5.11 Å². The fourth-order valence-corrected chi connectivity index (χ4v) is 2.57. The summed E-state index contributed by atoms with van der Waals surface area (Å²) >= 11 is 0. The maximum absolute atomic E-state index is 10.5. The first kappa shape index (κ1) is 13.5. The van der Waals surface area contributed by atoms with E-state index in [0.29, 0.717) is 17.5 Å². The Hall–Kier alpha value is -0.570. The summed E-state index contributed by atoms with van der Waals surface area (Å²) in [5.41, 5.74) is 0.357. The molecule has 2 unspecified atom stereocenters. The highest BCUT2D eigenvalue weighted by Crippen LogP contribution is 2.35. The molecule has 1 rings (SSSR count). The van der Waals surface area contributed by atoms with Crippen molar-refractivity contribution in [1.29, 1.82) is 0 Å². The predicted molar refractivity (Wildman–Crippen MR) is 65.5 cm³/mol. The van der Waals surface area contributed by atoms with E-state index in [-0.39, 0.29) is 6.42 Å². The van der Waals surface area contributed by atoms with Crippen LogP contribution in [0, 0.1) is 5.41 Å². The Morgan fingerprint density at radius 2 is 2.19 bits per heavy atom. The number of carboxylic acids is 1. The van der Waals surface area contributed by atoms with Gasteiger partial charge in [0.1, 0.15) is 0 Å². The van der Waals surface area contributed by atoms with Crippen LogP contribution >= 0.6 is 0 Å². The molecule has 0 aliphatic heterocycles. The maximum atomic E-state index is 10.5. The molecule has 94 valence electrons. The molecule has 1 saturated carbocycles. The number of carboxylic acid groups (broad SMARTS) is 1. The molecule has 0 aromatic carbocycles. The minimum Gasteiger partial charge on any atom is -0.481 e. The number of hydrogen-bond acceptors (Lipinski definition) is 2. The van der Waals surface area contributed by atoms with Crippen molar-refractivity contribution in [3.63, 3.8) is 0 Å². The largest absolute Gasteiger partial charge is 0.481 e. The van der Waals surface area contributed by atoms with Crippen molar-refractivity contribution in [2.24, 2.45) is 5.41 Å². The molecule has 0 amide bonds. The van der Waals surface area contributed by atoms with Crippen LogP contribution in [0.1, 0.15) is 59.3 Å². The SMILES string of the molecule is CC(CCC(=O)O)NC1CCCCC1(C)C. The maximum Gasteiger partial charge on any atom is 0.303 e. The molecule has 0 heterocycles. The summed E-state index contributed by atoms with van der Waals surface area (Å²) in [6.07, 6.45) is 6.12. The minimum absolute atomic E-state index is 0.265. The first-order chi connectivity index (χ1) is 7.42. The first-order valence-corrected chi connectivity index (χ1v) is 6.39. The molecule has 0 aromatic rings. The van der Waals surface area contributed by atoms with Crippen LogP contribution in [0.15, 0.2) is 0 Å². The zero-order valence-electron chi connectivity index (χ0n) is 10.8. The van der Waals surface area contributed by atoms with Gasteiger partial charge in [0, 0.05) is 18.5 Å². The van der Waals surface area contributed by atoms with Crippen LogP contribution in [0.2, 0.25) is 0 Å². The molecule has 0 bridgehead atoms. The van der Waals surface area contributed by atoms with Gasteiger partial charge in [-0.05, 0) is 31.6 Å². The van der Waals surface area contributed by atoms with Crippen molar-refractivity contribution in [2.75, 3.05) is 0 Å². The summed E-state index contributed by atoms with van der Waals surface area (Å²) in [5.74, 6) is -0.698. The molecule has 3 nitrogen and oxygen atoms in total. The Balaban J connectivity index is 2.36. The lowest BCUT2D eigenvalue weighted by molar-refractivity contribution is -0.137. The van der Waals surface area contributed by atoms with Crippen LogP contribution in [0.4, 0.5) is 0 Å². The van der Waals surface area contributed by atoms with E-state index >= 15 is 0 Å². The monoisotopic (exact) mass is 227 g/mol. The third-order valence-corrected chi connectivity index (χ3v) is 3.78. The minimum atomic E-state index is -0.698. The van der Waals surface area contributed by atoms with Gasteiger partial charge in [-0.1, -0.05) is 26.7 Å². The molecule has 1 aliphatic carbocycles. The summed E-state index contributed by atoms with van der Waals surface area (Å²) in [6.45, 7) is 6.72.